The highest BCUT2D eigenvalue weighted by Crippen LogP contribution is 2.32. The fraction of sp³-hybridized carbons (Fsp3) is 0.625. The molecule has 1 aromatic rings. The van der Waals surface area contributed by atoms with Gasteiger partial charge in [-0.3, -0.25) is 0 Å². The fourth-order valence-corrected chi connectivity index (χ4v) is 2.48. The van der Waals surface area contributed by atoms with Crippen molar-refractivity contribution in [3.63, 3.8) is 0 Å². The number of halogens is 1. The van der Waals surface area contributed by atoms with Crippen LogP contribution in [0.2, 0.25) is 0 Å². The molecule has 2 nitrogen and oxygen atoms in total. The van der Waals surface area contributed by atoms with Crippen molar-refractivity contribution in [3.05, 3.63) is 35.6 Å². The summed E-state index contributed by atoms with van der Waals surface area (Å²) in [6.07, 6.45) is 2.00. The highest BCUT2D eigenvalue weighted by atomic mass is 19.1. The molecule has 1 fully saturated rings. The first kappa shape index (κ1) is 14.5. The van der Waals surface area contributed by atoms with Gasteiger partial charge in [-0.25, -0.2) is 4.39 Å². The first-order valence-corrected chi connectivity index (χ1v) is 6.96. The molecule has 1 unspecified atom stereocenters. The second kappa shape index (κ2) is 5.59. The third kappa shape index (κ3) is 4.29. The molecule has 0 spiro atoms. The number of rotatable bonds is 4. The van der Waals surface area contributed by atoms with Crippen molar-refractivity contribution < 1.29 is 9.13 Å². The topological polar surface area (TPSA) is 21.3 Å². The van der Waals surface area contributed by atoms with Crippen molar-refractivity contribution in [1.29, 1.82) is 0 Å². The van der Waals surface area contributed by atoms with Gasteiger partial charge < -0.3 is 10.1 Å². The zero-order valence-electron chi connectivity index (χ0n) is 12.1. The maximum atomic E-state index is 13.0. The second-order valence-corrected chi connectivity index (χ2v) is 6.71. The van der Waals surface area contributed by atoms with E-state index in [4.69, 9.17) is 4.74 Å². The minimum Gasteiger partial charge on any atom is -0.381 e. The Morgan fingerprint density at radius 1 is 1.26 bits per heavy atom. The Labute approximate surface area is 115 Å². The summed E-state index contributed by atoms with van der Waals surface area (Å²) in [7, 11) is 0. The minimum atomic E-state index is -0.173. The van der Waals surface area contributed by atoms with Crippen LogP contribution in [0, 0.1) is 11.2 Å². The molecule has 1 N–H and O–H groups in total. The Hall–Kier alpha value is -0.930. The third-order valence-corrected chi connectivity index (χ3v) is 3.67. The lowest BCUT2D eigenvalue weighted by Crippen LogP contribution is -2.45. The zero-order valence-corrected chi connectivity index (χ0v) is 12.1. The average Bonchev–Trinajstić information content (AvgIpc) is 2.78. The summed E-state index contributed by atoms with van der Waals surface area (Å²) < 4.78 is 18.6. The van der Waals surface area contributed by atoms with Crippen LogP contribution in [0.4, 0.5) is 4.39 Å². The fourth-order valence-electron chi connectivity index (χ4n) is 2.48. The largest absolute Gasteiger partial charge is 0.381 e. The summed E-state index contributed by atoms with van der Waals surface area (Å²) in [6, 6.07) is 6.84. The van der Waals surface area contributed by atoms with Gasteiger partial charge in [0.2, 0.25) is 0 Å². The Morgan fingerprint density at radius 3 is 2.47 bits per heavy atom. The Balaban J connectivity index is 2.05. The van der Waals surface area contributed by atoms with E-state index in [0.717, 1.165) is 32.6 Å². The van der Waals surface area contributed by atoms with E-state index in [0.29, 0.717) is 0 Å². The SMILES string of the molecule is CC(C)(C)NCC1(Cc2ccc(F)cc2)CCOC1. The molecule has 0 saturated carbocycles. The van der Waals surface area contributed by atoms with E-state index in [1.54, 1.807) is 0 Å². The monoisotopic (exact) mass is 265 g/mol. The van der Waals surface area contributed by atoms with E-state index in [1.165, 1.54) is 17.7 Å². The molecule has 0 radical (unpaired) electrons. The van der Waals surface area contributed by atoms with Gasteiger partial charge in [-0.2, -0.15) is 0 Å². The Morgan fingerprint density at radius 2 is 1.95 bits per heavy atom. The quantitative estimate of drug-likeness (QED) is 0.903. The normalized spacial score (nSPS) is 23.8. The van der Waals surface area contributed by atoms with Crippen LogP contribution >= 0.6 is 0 Å². The summed E-state index contributed by atoms with van der Waals surface area (Å²) in [4.78, 5) is 0. The van der Waals surface area contributed by atoms with Gasteiger partial charge in [0, 0.05) is 24.1 Å². The summed E-state index contributed by atoms with van der Waals surface area (Å²) in [5, 5.41) is 3.58. The highest BCUT2D eigenvalue weighted by molar-refractivity contribution is 5.18. The molecular weight excluding hydrogens is 241 g/mol. The standard InChI is InChI=1S/C16H24FNO/c1-15(2,3)18-11-16(8-9-19-12-16)10-13-4-6-14(17)7-5-13/h4-7,18H,8-12H2,1-3H3. The van der Waals surface area contributed by atoms with Crippen molar-refractivity contribution in [2.75, 3.05) is 19.8 Å². The van der Waals surface area contributed by atoms with Crippen LogP contribution in [-0.2, 0) is 11.2 Å². The minimum absolute atomic E-state index is 0.110. The number of hydrogen-bond donors (Lipinski definition) is 1. The Kier molecular flexibility index (Phi) is 4.26. The molecule has 1 saturated heterocycles. The summed E-state index contributed by atoms with van der Waals surface area (Å²) >= 11 is 0. The molecule has 1 aromatic carbocycles. The molecule has 19 heavy (non-hydrogen) atoms. The molecule has 1 aliphatic rings. The van der Waals surface area contributed by atoms with Crippen LogP contribution < -0.4 is 5.32 Å². The average molecular weight is 265 g/mol. The van der Waals surface area contributed by atoms with Gasteiger partial charge in [0.1, 0.15) is 5.82 Å². The van der Waals surface area contributed by atoms with Gasteiger partial charge >= 0.3 is 0 Å². The molecule has 1 aliphatic heterocycles. The zero-order chi connectivity index (χ0) is 13.9. The summed E-state index contributed by atoms with van der Waals surface area (Å²) in [5.74, 6) is -0.173. The number of hydrogen-bond acceptors (Lipinski definition) is 2. The van der Waals surface area contributed by atoms with Crippen molar-refractivity contribution in [2.24, 2.45) is 5.41 Å². The molecule has 1 atom stereocenters. The van der Waals surface area contributed by atoms with E-state index in [1.807, 2.05) is 12.1 Å². The van der Waals surface area contributed by atoms with Gasteiger partial charge in [-0.1, -0.05) is 12.1 Å². The van der Waals surface area contributed by atoms with Crippen LogP contribution in [0.3, 0.4) is 0 Å². The van der Waals surface area contributed by atoms with Crippen LogP contribution in [0.5, 0.6) is 0 Å². The van der Waals surface area contributed by atoms with Crippen LogP contribution in [-0.4, -0.2) is 25.3 Å². The number of nitrogens with one attached hydrogen (secondary N) is 1. The lowest BCUT2D eigenvalue weighted by atomic mass is 9.80. The van der Waals surface area contributed by atoms with Crippen LogP contribution in [0.1, 0.15) is 32.8 Å². The van der Waals surface area contributed by atoms with E-state index < -0.39 is 0 Å². The molecular formula is C16H24FNO. The maximum absolute atomic E-state index is 13.0. The molecule has 1 heterocycles. The molecule has 0 amide bonds. The predicted molar refractivity (Wildman–Crippen MR) is 75.7 cm³/mol. The molecule has 0 aromatic heterocycles. The summed E-state index contributed by atoms with van der Waals surface area (Å²) in [6.45, 7) is 9.07. The number of ether oxygens (including phenoxy) is 1. The molecule has 0 aliphatic carbocycles. The predicted octanol–water partition coefficient (Wildman–Crippen LogP) is 3.16. The molecule has 106 valence electrons. The van der Waals surface area contributed by atoms with E-state index in [2.05, 4.69) is 26.1 Å². The van der Waals surface area contributed by atoms with Gasteiger partial charge in [-0.05, 0) is 51.3 Å². The first-order valence-electron chi connectivity index (χ1n) is 6.96. The Bertz CT molecular complexity index is 402. The van der Waals surface area contributed by atoms with Crippen molar-refractivity contribution in [1.82, 2.24) is 5.32 Å². The van der Waals surface area contributed by atoms with Gasteiger partial charge in [0.25, 0.3) is 0 Å². The molecule has 2 rings (SSSR count). The van der Waals surface area contributed by atoms with Gasteiger partial charge in [-0.15, -0.1) is 0 Å². The number of benzene rings is 1. The van der Waals surface area contributed by atoms with E-state index in [-0.39, 0.29) is 16.8 Å². The van der Waals surface area contributed by atoms with Crippen molar-refractivity contribution >= 4 is 0 Å². The second-order valence-electron chi connectivity index (χ2n) is 6.71. The lowest BCUT2D eigenvalue weighted by molar-refractivity contribution is 0.144. The van der Waals surface area contributed by atoms with Gasteiger partial charge in [0.05, 0.1) is 6.61 Å². The van der Waals surface area contributed by atoms with Gasteiger partial charge in [0.15, 0.2) is 0 Å². The van der Waals surface area contributed by atoms with Crippen molar-refractivity contribution in [2.45, 2.75) is 39.2 Å². The highest BCUT2D eigenvalue weighted by Gasteiger charge is 2.35. The molecule has 0 bridgehead atoms. The smallest absolute Gasteiger partial charge is 0.123 e. The van der Waals surface area contributed by atoms with Crippen LogP contribution in [0.25, 0.3) is 0 Å². The molecule has 3 heteroatoms. The van der Waals surface area contributed by atoms with E-state index >= 15 is 0 Å². The van der Waals surface area contributed by atoms with E-state index in [9.17, 15) is 4.39 Å². The maximum Gasteiger partial charge on any atom is 0.123 e. The van der Waals surface area contributed by atoms with Crippen molar-refractivity contribution in [3.8, 4) is 0 Å². The van der Waals surface area contributed by atoms with Crippen LogP contribution in [0.15, 0.2) is 24.3 Å². The first-order chi connectivity index (χ1) is 8.89. The lowest BCUT2D eigenvalue weighted by Gasteiger charge is -2.32. The summed E-state index contributed by atoms with van der Waals surface area (Å²) in [5.41, 5.74) is 1.44. The third-order valence-electron chi connectivity index (χ3n) is 3.67.